The van der Waals surface area contributed by atoms with Crippen molar-refractivity contribution < 1.29 is 19.7 Å². The van der Waals surface area contributed by atoms with Crippen molar-refractivity contribution in [3.8, 4) is 11.5 Å². The average Bonchev–Trinajstić information content (AvgIpc) is 3.04. The lowest BCUT2D eigenvalue weighted by atomic mass is 9.84. The molecule has 0 amide bonds. The molecule has 0 bridgehead atoms. The minimum Gasteiger partial charge on any atom is -0.508 e. The second-order valence-electron chi connectivity index (χ2n) is 12.3. The molecule has 0 saturated heterocycles. The van der Waals surface area contributed by atoms with Crippen LogP contribution >= 0.6 is 0 Å². The number of hydrogen-bond donors (Lipinski definition) is 2. The summed E-state index contributed by atoms with van der Waals surface area (Å²) in [7, 11) is 0. The lowest BCUT2D eigenvalue weighted by molar-refractivity contribution is 0.0360. The first-order valence-corrected chi connectivity index (χ1v) is 17.4. The van der Waals surface area contributed by atoms with Crippen molar-refractivity contribution in [3.05, 3.63) is 121 Å². The molecule has 2 N–H and O–H groups in total. The molecule has 0 aliphatic heterocycles. The summed E-state index contributed by atoms with van der Waals surface area (Å²) in [5.74, 6) is 0.309. The first-order chi connectivity index (χ1) is 22.4. The lowest BCUT2D eigenvalue weighted by Gasteiger charge is -2.27. The topological polar surface area (TPSA) is 58.9 Å². The molecule has 1 atom stereocenters. The second-order valence-corrected chi connectivity index (χ2v) is 12.3. The van der Waals surface area contributed by atoms with Gasteiger partial charge in [0.25, 0.3) is 0 Å². The van der Waals surface area contributed by atoms with Gasteiger partial charge in [-0.15, -0.1) is 0 Å². The number of hydrogen-bond acceptors (Lipinski definition) is 4. The smallest absolute Gasteiger partial charge is 0.123 e. The molecule has 4 nitrogen and oxygen atoms in total. The largest absolute Gasteiger partial charge is 0.508 e. The first-order valence-electron chi connectivity index (χ1n) is 17.4. The minimum atomic E-state index is 0.0848. The van der Waals surface area contributed by atoms with Gasteiger partial charge in [-0.1, -0.05) is 128 Å². The molecule has 47 heavy (non-hydrogen) atoms. The average molecular weight is 649 g/mol. The summed E-state index contributed by atoms with van der Waals surface area (Å²) in [6.45, 7) is 28.2. The Hall–Kier alpha value is -3.66. The maximum absolute atomic E-state index is 9.95. The van der Waals surface area contributed by atoms with Gasteiger partial charge in [0.1, 0.15) is 11.5 Å². The number of ether oxygens (including phenoxy) is 2. The fourth-order valence-electron chi connectivity index (χ4n) is 4.63. The fourth-order valence-corrected chi connectivity index (χ4v) is 4.63. The lowest BCUT2D eigenvalue weighted by Crippen LogP contribution is -2.24. The van der Waals surface area contributed by atoms with Crippen LogP contribution in [0.1, 0.15) is 137 Å². The molecule has 3 rings (SSSR count). The van der Waals surface area contributed by atoms with Crippen molar-refractivity contribution in [1.29, 1.82) is 0 Å². The third-order valence-corrected chi connectivity index (χ3v) is 7.37. The van der Waals surface area contributed by atoms with Gasteiger partial charge in [-0.25, -0.2) is 0 Å². The van der Waals surface area contributed by atoms with Gasteiger partial charge in [-0.05, 0) is 88.3 Å². The molecule has 0 heterocycles. The SMILES string of the molecule is C/C=C/CC.C/C=C/CC.C/C=C/CC.C=COC1CCC(OC=C)CC1.CC(c1ccc(C(C)(C)C)cc1)c1ccc(O)cc1O. The number of allylic oxidation sites excluding steroid dienone is 6. The molecule has 2 aromatic carbocycles. The van der Waals surface area contributed by atoms with Crippen LogP contribution in [0, 0.1) is 0 Å². The third kappa shape index (κ3) is 22.5. The Morgan fingerprint density at radius 3 is 1.40 bits per heavy atom. The Balaban J connectivity index is 0. The number of benzene rings is 2. The van der Waals surface area contributed by atoms with E-state index in [0.29, 0.717) is 12.2 Å². The van der Waals surface area contributed by atoms with Crippen LogP contribution in [0.4, 0.5) is 0 Å². The Labute approximate surface area is 289 Å². The number of phenolic OH excluding ortho intramolecular Hbond substituents is 2. The van der Waals surface area contributed by atoms with Crippen molar-refractivity contribution in [2.45, 2.75) is 138 Å². The van der Waals surface area contributed by atoms with Crippen LogP contribution in [0.25, 0.3) is 0 Å². The predicted molar refractivity (Wildman–Crippen MR) is 206 cm³/mol. The molecule has 264 valence electrons. The third-order valence-electron chi connectivity index (χ3n) is 7.37. The summed E-state index contributed by atoms with van der Waals surface area (Å²) in [6, 6.07) is 13.3. The molecular weight excluding hydrogens is 580 g/mol. The van der Waals surface area contributed by atoms with Crippen LogP contribution in [0.15, 0.2) is 105 Å². The van der Waals surface area contributed by atoms with Gasteiger partial charge < -0.3 is 19.7 Å². The van der Waals surface area contributed by atoms with Gasteiger partial charge in [0, 0.05) is 17.5 Å². The van der Waals surface area contributed by atoms with Crippen molar-refractivity contribution >= 4 is 0 Å². The van der Waals surface area contributed by atoms with Gasteiger partial charge in [-0.2, -0.15) is 0 Å². The van der Waals surface area contributed by atoms with Crippen LogP contribution in [-0.4, -0.2) is 22.4 Å². The van der Waals surface area contributed by atoms with Crippen molar-refractivity contribution in [3.63, 3.8) is 0 Å². The van der Waals surface area contributed by atoms with Crippen LogP contribution in [0.3, 0.4) is 0 Å². The van der Waals surface area contributed by atoms with E-state index in [0.717, 1.165) is 56.1 Å². The summed E-state index contributed by atoms with van der Waals surface area (Å²) in [5.41, 5.74) is 3.41. The molecule has 0 spiro atoms. The van der Waals surface area contributed by atoms with E-state index in [1.165, 1.54) is 24.2 Å². The maximum atomic E-state index is 9.95. The van der Waals surface area contributed by atoms with Crippen LogP contribution in [0.2, 0.25) is 0 Å². The standard InChI is InChI=1S/C18H22O2.C10H16O2.3C5H10/c1-12(16-10-9-15(19)11-17(16)20)13-5-7-14(8-6-13)18(2,3)4;1-3-11-9-5-7-10(8-6-9)12-4-2;3*1-3-5-4-2/h5-12,19-20H,1-4H3;3-4,9-10H,1-2,5-8H2;3*3,5H,4H2,1-2H3/b;;3*5-3+. The van der Waals surface area contributed by atoms with E-state index in [1.807, 2.05) is 20.8 Å². The highest BCUT2D eigenvalue weighted by Gasteiger charge is 2.21. The van der Waals surface area contributed by atoms with E-state index in [1.54, 1.807) is 12.1 Å². The number of phenols is 2. The molecule has 2 aromatic rings. The van der Waals surface area contributed by atoms with E-state index < -0.39 is 0 Å². The molecule has 1 unspecified atom stereocenters. The van der Waals surface area contributed by atoms with E-state index in [-0.39, 0.29) is 22.8 Å². The zero-order valence-electron chi connectivity index (χ0n) is 31.5. The Morgan fingerprint density at radius 2 is 1.13 bits per heavy atom. The van der Waals surface area contributed by atoms with E-state index >= 15 is 0 Å². The van der Waals surface area contributed by atoms with Crippen LogP contribution in [-0.2, 0) is 14.9 Å². The van der Waals surface area contributed by atoms with E-state index in [2.05, 4.69) is 122 Å². The van der Waals surface area contributed by atoms with Crippen molar-refractivity contribution in [2.75, 3.05) is 0 Å². The predicted octanol–water partition coefficient (Wildman–Crippen LogP) is 13.1. The van der Waals surface area contributed by atoms with E-state index in [9.17, 15) is 10.2 Å². The summed E-state index contributed by atoms with van der Waals surface area (Å²) in [6.07, 6.45) is 24.0. The molecule has 0 radical (unpaired) electrons. The Bertz CT molecular complexity index is 1080. The molecule has 1 saturated carbocycles. The van der Waals surface area contributed by atoms with Crippen molar-refractivity contribution in [2.24, 2.45) is 0 Å². The number of aromatic hydroxyl groups is 2. The normalized spacial score (nSPS) is 16.2. The molecule has 1 aliphatic carbocycles. The summed E-state index contributed by atoms with van der Waals surface area (Å²) < 4.78 is 10.6. The molecule has 0 aromatic heterocycles. The minimum absolute atomic E-state index is 0.0848. The zero-order chi connectivity index (χ0) is 36.1. The van der Waals surface area contributed by atoms with E-state index in [4.69, 9.17) is 9.47 Å². The fraction of sp³-hybridized carbons (Fsp3) is 0.488. The van der Waals surface area contributed by atoms with Crippen LogP contribution in [0.5, 0.6) is 11.5 Å². The molecular formula is C43H68O4. The van der Waals surface area contributed by atoms with Crippen molar-refractivity contribution in [1.82, 2.24) is 0 Å². The Morgan fingerprint density at radius 1 is 0.723 bits per heavy atom. The summed E-state index contributed by atoms with van der Waals surface area (Å²) in [4.78, 5) is 0. The highest BCUT2D eigenvalue weighted by molar-refractivity contribution is 5.45. The summed E-state index contributed by atoms with van der Waals surface area (Å²) >= 11 is 0. The molecule has 1 fully saturated rings. The highest BCUT2D eigenvalue weighted by atomic mass is 16.5. The van der Waals surface area contributed by atoms with Crippen LogP contribution < -0.4 is 0 Å². The van der Waals surface area contributed by atoms with Gasteiger partial charge in [-0.3, -0.25) is 0 Å². The summed E-state index contributed by atoms with van der Waals surface area (Å²) in [5, 5.41) is 19.3. The molecule has 1 aliphatic rings. The monoisotopic (exact) mass is 649 g/mol. The quantitative estimate of drug-likeness (QED) is 0.210. The zero-order valence-corrected chi connectivity index (χ0v) is 31.5. The first kappa shape index (κ1) is 45.5. The highest BCUT2D eigenvalue weighted by Crippen LogP contribution is 2.34. The molecule has 4 heteroatoms. The maximum Gasteiger partial charge on any atom is 0.123 e. The second kappa shape index (κ2) is 28.6. The van der Waals surface area contributed by atoms with Gasteiger partial charge in [0.05, 0.1) is 24.7 Å². The van der Waals surface area contributed by atoms with Gasteiger partial charge in [0.2, 0.25) is 0 Å². The van der Waals surface area contributed by atoms with Gasteiger partial charge >= 0.3 is 0 Å². The van der Waals surface area contributed by atoms with Gasteiger partial charge in [0.15, 0.2) is 0 Å². The Kier molecular flexibility index (Phi) is 27.6. The number of rotatable bonds is 9.